The first-order valence-electron chi connectivity index (χ1n) is 5.71. The van der Waals surface area contributed by atoms with Crippen LogP contribution < -0.4 is 5.56 Å². The smallest absolute Gasteiger partial charge is 0.313 e. The van der Waals surface area contributed by atoms with Crippen LogP contribution in [0, 0.1) is 0 Å². The van der Waals surface area contributed by atoms with Crippen molar-refractivity contribution in [2.75, 3.05) is 5.75 Å². The molecule has 0 spiro atoms. The van der Waals surface area contributed by atoms with Gasteiger partial charge in [-0.1, -0.05) is 39.8 Å². The predicted octanol–water partition coefficient (Wildman–Crippen LogP) is 2.23. The molecule has 0 saturated carbocycles. The van der Waals surface area contributed by atoms with Crippen LogP contribution in [0.15, 0.2) is 51.0 Å². The quantitative estimate of drug-likeness (QED) is 0.658. The molecule has 104 valence electrons. The summed E-state index contributed by atoms with van der Waals surface area (Å²) < 4.78 is 2.72. The normalized spacial score (nSPS) is 10.4. The van der Waals surface area contributed by atoms with Crippen LogP contribution in [-0.2, 0) is 11.3 Å². The second-order valence-corrected chi connectivity index (χ2v) is 5.85. The van der Waals surface area contributed by atoms with Gasteiger partial charge in [0.1, 0.15) is 0 Å². The molecule has 0 fully saturated rings. The van der Waals surface area contributed by atoms with Crippen molar-refractivity contribution in [2.24, 2.45) is 0 Å². The van der Waals surface area contributed by atoms with Gasteiger partial charge in [0.25, 0.3) is 5.56 Å². The zero-order chi connectivity index (χ0) is 14.5. The first-order valence-corrected chi connectivity index (χ1v) is 7.49. The van der Waals surface area contributed by atoms with Gasteiger partial charge < -0.3 is 9.67 Å². The molecule has 1 aromatic carbocycles. The van der Waals surface area contributed by atoms with Gasteiger partial charge in [-0.2, -0.15) is 4.98 Å². The molecule has 7 heteroatoms. The summed E-state index contributed by atoms with van der Waals surface area (Å²) in [5, 5.41) is 9.12. The van der Waals surface area contributed by atoms with Gasteiger partial charge >= 0.3 is 5.97 Å². The van der Waals surface area contributed by atoms with Crippen molar-refractivity contribution in [3.05, 3.63) is 56.9 Å². The summed E-state index contributed by atoms with van der Waals surface area (Å²) in [5.74, 6) is -1.07. The fourth-order valence-corrected chi connectivity index (χ4v) is 2.75. The fraction of sp³-hybridized carbons (Fsp3) is 0.154. The van der Waals surface area contributed by atoms with Crippen LogP contribution in [0.5, 0.6) is 0 Å². The monoisotopic (exact) mass is 354 g/mol. The number of hydrogen-bond donors (Lipinski definition) is 1. The summed E-state index contributed by atoms with van der Waals surface area (Å²) in [6.45, 7) is 0.522. The second-order valence-electron chi connectivity index (χ2n) is 3.99. The van der Waals surface area contributed by atoms with E-state index in [-0.39, 0.29) is 11.3 Å². The van der Waals surface area contributed by atoms with Crippen molar-refractivity contribution in [3.63, 3.8) is 0 Å². The van der Waals surface area contributed by atoms with Crippen molar-refractivity contribution in [1.82, 2.24) is 9.55 Å². The number of hydrogen-bond acceptors (Lipinski definition) is 4. The van der Waals surface area contributed by atoms with Crippen molar-refractivity contribution < 1.29 is 9.90 Å². The molecule has 1 aromatic heterocycles. The Bertz CT molecular complexity index is 687. The number of nitrogens with zero attached hydrogens (tertiary/aromatic N) is 2. The highest BCUT2D eigenvalue weighted by Gasteiger charge is 2.07. The molecule has 1 N–H and O–H groups in total. The molecule has 1 heterocycles. The van der Waals surface area contributed by atoms with Gasteiger partial charge in [-0.15, -0.1) is 0 Å². The molecule has 0 saturated heterocycles. The van der Waals surface area contributed by atoms with E-state index >= 15 is 0 Å². The minimum atomic E-state index is -0.942. The van der Waals surface area contributed by atoms with Crippen molar-refractivity contribution in [2.45, 2.75) is 11.7 Å². The lowest BCUT2D eigenvalue weighted by Gasteiger charge is -2.11. The minimum Gasteiger partial charge on any atom is -0.481 e. The minimum absolute atomic E-state index is 0.130. The van der Waals surface area contributed by atoms with E-state index in [0.717, 1.165) is 21.8 Å². The summed E-state index contributed by atoms with van der Waals surface area (Å²) >= 11 is 4.43. The van der Waals surface area contributed by atoms with Crippen LogP contribution in [0.3, 0.4) is 0 Å². The zero-order valence-electron chi connectivity index (χ0n) is 10.3. The molecule has 0 amide bonds. The lowest BCUT2D eigenvalue weighted by Crippen LogP contribution is -2.14. The molecule has 20 heavy (non-hydrogen) atoms. The molecule has 0 aliphatic heterocycles. The highest BCUT2D eigenvalue weighted by molar-refractivity contribution is 9.10. The SMILES string of the molecule is O=C(O)CSc1nc(=O)ccn1Cc1cccc(Br)c1. The predicted molar refractivity (Wildman–Crippen MR) is 80.1 cm³/mol. The highest BCUT2D eigenvalue weighted by atomic mass is 79.9. The Morgan fingerprint density at radius 1 is 1.40 bits per heavy atom. The summed E-state index contributed by atoms with van der Waals surface area (Å²) in [7, 11) is 0. The second kappa shape index (κ2) is 6.71. The molecule has 0 bridgehead atoms. The highest BCUT2D eigenvalue weighted by Crippen LogP contribution is 2.17. The van der Waals surface area contributed by atoms with Crippen LogP contribution in [0.2, 0.25) is 0 Å². The van der Waals surface area contributed by atoms with Gasteiger partial charge in [-0.25, -0.2) is 0 Å². The van der Waals surface area contributed by atoms with Gasteiger partial charge in [-0.05, 0) is 17.7 Å². The molecular formula is C13H11BrN2O3S. The third kappa shape index (κ3) is 4.21. The summed E-state index contributed by atoms with van der Waals surface area (Å²) in [5.41, 5.74) is 0.658. The van der Waals surface area contributed by atoms with Gasteiger partial charge in [0.2, 0.25) is 0 Å². The standard InChI is InChI=1S/C13H11BrN2O3S/c14-10-3-1-2-9(6-10)7-16-5-4-11(17)15-13(16)20-8-12(18)19/h1-6H,7-8H2,(H,18,19). The fourth-order valence-electron chi connectivity index (χ4n) is 1.61. The lowest BCUT2D eigenvalue weighted by atomic mass is 10.2. The van der Waals surface area contributed by atoms with E-state index in [4.69, 9.17) is 5.11 Å². The lowest BCUT2D eigenvalue weighted by molar-refractivity contribution is -0.133. The first-order chi connectivity index (χ1) is 9.54. The number of rotatable bonds is 5. The summed E-state index contributed by atoms with van der Waals surface area (Å²) in [6, 6.07) is 9.12. The van der Waals surface area contributed by atoms with E-state index in [9.17, 15) is 9.59 Å². The molecule has 2 rings (SSSR count). The van der Waals surface area contributed by atoms with E-state index in [0.29, 0.717) is 11.7 Å². The number of halogens is 1. The number of benzene rings is 1. The Morgan fingerprint density at radius 2 is 2.20 bits per heavy atom. The maximum absolute atomic E-state index is 11.3. The first kappa shape index (κ1) is 14.8. The molecule has 0 unspecified atom stereocenters. The number of carbonyl (C=O) groups is 1. The van der Waals surface area contributed by atoms with Crippen LogP contribution in [-0.4, -0.2) is 26.4 Å². The Labute approximate surface area is 127 Å². The van der Waals surface area contributed by atoms with Crippen molar-refractivity contribution in [1.29, 1.82) is 0 Å². The molecule has 0 aliphatic carbocycles. The number of carboxylic acid groups (broad SMARTS) is 1. The number of carboxylic acids is 1. The third-order valence-electron chi connectivity index (χ3n) is 2.42. The van der Waals surface area contributed by atoms with E-state index in [1.54, 1.807) is 10.8 Å². The molecule has 5 nitrogen and oxygen atoms in total. The third-order valence-corrected chi connectivity index (χ3v) is 3.88. The molecule has 0 radical (unpaired) electrons. The van der Waals surface area contributed by atoms with E-state index in [1.807, 2.05) is 24.3 Å². The molecule has 2 aromatic rings. The van der Waals surface area contributed by atoms with Crippen LogP contribution in [0.1, 0.15) is 5.56 Å². The van der Waals surface area contributed by atoms with Crippen molar-refractivity contribution >= 4 is 33.7 Å². The number of thioether (sulfide) groups is 1. The number of aliphatic carboxylic acids is 1. The Balaban J connectivity index is 2.26. The Kier molecular flexibility index (Phi) is 4.97. The van der Waals surface area contributed by atoms with E-state index < -0.39 is 5.97 Å². The van der Waals surface area contributed by atoms with Crippen LogP contribution in [0.25, 0.3) is 0 Å². The number of aromatic nitrogens is 2. The maximum Gasteiger partial charge on any atom is 0.313 e. The van der Waals surface area contributed by atoms with Crippen molar-refractivity contribution in [3.8, 4) is 0 Å². The largest absolute Gasteiger partial charge is 0.481 e. The average molecular weight is 355 g/mol. The maximum atomic E-state index is 11.3. The van der Waals surface area contributed by atoms with Gasteiger partial charge in [0.15, 0.2) is 5.16 Å². The molecular weight excluding hydrogens is 344 g/mol. The van der Waals surface area contributed by atoms with Crippen LogP contribution in [0.4, 0.5) is 0 Å². The molecule has 0 aliphatic rings. The molecule has 0 atom stereocenters. The summed E-state index contributed by atoms with van der Waals surface area (Å²) in [6.07, 6.45) is 1.63. The zero-order valence-corrected chi connectivity index (χ0v) is 12.7. The Hall–Kier alpha value is -1.60. The van der Waals surface area contributed by atoms with Gasteiger partial charge in [-0.3, -0.25) is 9.59 Å². The van der Waals surface area contributed by atoms with E-state index in [1.165, 1.54) is 6.07 Å². The summed E-state index contributed by atoms with van der Waals surface area (Å²) in [4.78, 5) is 25.8. The van der Waals surface area contributed by atoms with Crippen LogP contribution >= 0.6 is 27.7 Å². The van der Waals surface area contributed by atoms with Gasteiger partial charge in [0.05, 0.1) is 5.75 Å². The Morgan fingerprint density at radius 3 is 2.90 bits per heavy atom. The topological polar surface area (TPSA) is 72.2 Å². The van der Waals surface area contributed by atoms with Gasteiger partial charge in [0, 0.05) is 23.3 Å². The average Bonchev–Trinajstić information content (AvgIpc) is 2.39. The van der Waals surface area contributed by atoms with E-state index in [2.05, 4.69) is 20.9 Å².